The predicted octanol–water partition coefficient (Wildman–Crippen LogP) is 2.81. The molecule has 2 aromatic rings. The molecule has 1 saturated heterocycles. The first-order valence-corrected chi connectivity index (χ1v) is 9.38. The van der Waals surface area contributed by atoms with Crippen molar-refractivity contribution in [3.05, 3.63) is 53.7 Å². The average Bonchev–Trinajstić information content (AvgIpc) is 2.74. The van der Waals surface area contributed by atoms with Crippen LogP contribution >= 0.6 is 0 Å². The number of anilines is 1. The molecule has 0 radical (unpaired) electrons. The fourth-order valence-electron chi connectivity index (χ4n) is 3.79. The number of nitrogens with zero attached hydrogens (tertiary/aromatic N) is 3. The molecule has 0 spiro atoms. The summed E-state index contributed by atoms with van der Waals surface area (Å²) in [4.78, 5) is 19.3. The molecule has 0 saturated carbocycles. The molecule has 1 atom stereocenters. The van der Waals surface area contributed by atoms with Crippen molar-refractivity contribution < 1.29 is 9.53 Å². The Hall–Kier alpha value is -3.07. The van der Waals surface area contributed by atoms with Crippen LogP contribution in [-0.4, -0.2) is 30.6 Å². The van der Waals surface area contributed by atoms with Gasteiger partial charge in [-0.2, -0.15) is 5.26 Å². The number of pyridine rings is 1. The zero-order chi connectivity index (χ0) is 18.6. The number of nitriles is 1. The molecule has 4 rings (SSSR count). The number of fused-ring (bicyclic) bond motifs is 1. The lowest BCUT2D eigenvalue weighted by Gasteiger charge is -2.33. The molecule has 1 N–H and O–H groups in total. The molecule has 0 bridgehead atoms. The highest BCUT2D eigenvalue weighted by Crippen LogP contribution is 2.32. The zero-order valence-electron chi connectivity index (χ0n) is 15.1. The third-order valence-electron chi connectivity index (χ3n) is 5.34. The van der Waals surface area contributed by atoms with Crippen molar-refractivity contribution in [1.82, 2.24) is 10.3 Å². The number of piperidine rings is 1. The maximum Gasteiger partial charge on any atom is 0.223 e. The standard InChI is InChI=1S/C21H22N4O2/c22-13-15-5-6-20(23-14-15)25-10-7-16(8-11-25)21(26)24-18-9-12-27-19-4-2-1-3-17(18)19/h1-6,14,16,18H,7-12H2,(H,24,26)/t18-/m1/s1. The lowest BCUT2D eigenvalue weighted by molar-refractivity contribution is -0.126. The fraction of sp³-hybridized carbons (Fsp3) is 0.381. The molecule has 3 heterocycles. The van der Waals surface area contributed by atoms with E-state index in [-0.39, 0.29) is 17.9 Å². The van der Waals surface area contributed by atoms with Crippen molar-refractivity contribution >= 4 is 11.7 Å². The Labute approximate surface area is 158 Å². The number of hydrogen-bond acceptors (Lipinski definition) is 5. The van der Waals surface area contributed by atoms with Gasteiger partial charge in [0.05, 0.1) is 18.2 Å². The second-order valence-corrected chi connectivity index (χ2v) is 7.01. The summed E-state index contributed by atoms with van der Waals surface area (Å²) in [5.74, 6) is 1.89. The van der Waals surface area contributed by atoms with E-state index in [0.717, 1.165) is 49.5 Å². The molecular weight excluding hydrogens is 340 g/mol. The van der Waals surface area contributed by atoms with Crippen molar-refractivity contribution in [2.24, 2.45) is 5.92 Å². The van der Waals surface area contributed by atoms with Gasteiger partial charge < -0.3 is 15.0 Å². The summed E-state index contributed by atoms with van der Waals surface area (Å²) in [5.41, 5.74) is 1.63. The van der Waals surface area contributed by atoms with E-state index in [4.69, 9.17) is 10.00 Å². The molecule has 1 aromatic carbocycles. The number of aromatic nitrogens is 1. The largest absolute Gasteiger partial charge is 0.493 e. The van der Waals surface area contributed by atoms with E-state index in [9.17, 15) is 4.79 Å². The quantitative estimate of drug-likeness (QED) is 0.908. The number of amides is 1. The van der Waals surface area contributed by atoms with Crippen molar-refractivity contribution in [3.8, 4) is 11.8 Å². The van der Waals surface area contributed by atoms with Crippen LogP contribution in [0.25, 0.3) is 0 Å². The number of hydrogen-bond donors (Lipinski definition) is 1. The highest BCUT2D eigenvalue weighted by atomic mass is 16.5. The monoisotopic (exact) mass is 362 g/mol. The van der Waals surface area contributed by atoms with Crippen molar-refractivity contribution in [2.45, 2.75) is 25.3 Å². The van der Waals surface area contributed by atoms with Crippen LogP contribution in [0, 0.1) is 17.2 Å². The smallest absolute Gasteiger partial charge is 0.223 e. The Balaban J connectivity index is 1.34. The Kier molecular flexibility index (Phi) is 4.93. The molecule has 1 fully saturated rings. The number of carbonyl (C=O) groups excluding carboxylic acids is 1. The van der Waals surface area contributed by atoms with Crippen LogP contribution in [0.5, 0.6) is 5.75 Å². The third kappa shape index (κ3) is 3.72. The van der Waals surface area contributed by atoms with Gasteiger partial charge in [-0.3, -0.25) is 4.79 Å². The molecular formula is C21H22N4O2. The minimum atomic E-state index is 0.0228. The minimum absolute atomic E-state index is 0.0228. The number of para-hydroxylation sites is 1. The lowest BCUT2D eigenvalue weighted by atomic mass is 9.94. The fourth-order valence-corrected chi connectivity index (χ4v) is 3.79. The van der Waals surface area contributed by atoms with Crippen molar-refractivity contribution in [3.63, 3.8) is 0 Å². The van der Waals surface area contributed by atoms with Gasteiger partial charge in [-0.25, -0.2) is 4.98 Å². The minimum Gasteiger partial charge on any atom is -0.493 e. The maximum atomic E-state index is 12.8. The molecule has 6 nitrogen and oxygen atoms in total. The first-order chi connectivity index (χ1) is 13.2. The Morgan fingerprint density at radius 2 is 2.00 bits per heavy atom. The summed E-state index contributed by atoms with van der Waals surface area (Å²) in [6.45, 7) is 2.22. The molecule has 1 aromatic heterocycles. The topological polar surface area (TPSA) is 78.2 Å². The summed E-state index contributed by atoms with van der Waals surface area (Å²) in [5, 5.41) is 12.1. The summed E-state index contributed by atoms with van der Waals surface area (Å²) < 4.78 is 5.68. The molecule has 6 heteroatoms. The van der Waals surface area contributed by atoms with Crippen molar-refractivity contribution in [2.75, 3.05) is 24.6 Å². The Morgan fingerprint density at radius 3 is 2.74 bits per heavy atom. The van der Waals surface area contributed by atoms with Crippen LogP contribution < -0.4 is 15.0 Å². The SMILES string of the molecule is N#Cc1ccc(N2CCC(C(=O)N[C@@H]3CCOc4ccccc43)CC2)nc1. The molecule has 27 heavy (non-hydrogen) atoms. The van der Waals surface area contributed by atoms with Crippen molar-refractivity contribution in [1.29, 1.82) is 5.26 Å². The van der Waals surface area contributed by atoms with Crippen LogP contribution in [0.2, 0.25) is 0 Å². The van der Waals surface area contributed by atoms with Crippen LogP contribution in [0.4, 0.5) is 5.82 Å². The number of rotatable bonds is 3. The third-order valence-corrected chi connectivity index (χ3v) is 5.34. The summed E-state index contributed by atoms with van der Waals surface area (Å²) in [7, 11) is 0. The number of ether oxygens (including phenoxy) is 1. The van der Waals surface area contributed by atoms with Crippen LogP contribution in [0.1, 0.15) is 36.4 Å². The second kappa shape index (κ2) is 7.67. The van der Waals surface area contributed by atoms with E-state index in [1.54, 1.807) is 12.3 Å². The second-order valence-electron chi connectivity index (χ2n) is 7.01. The van der Waals surface area contributed by atoms with Crippen LogP contribution in [-0.2, 0) is 4.79 Å². The van der Waals surface area contributed by atoms with Gasteiger partial charge in [-0.1, -0.05) is 18.2 Å². The average molecular weight is 362 g/mol. The molecule has 2 aliphatic heterocycles. The first-order valence-electron chi connectivity index (χ1n) is 9.38. The summed E-state index contributed by atoms with van der Waals surface area (Å²) in [6.07, 6.45) is 4.00. The highest BCUT2D eigenvalue weighted by Gasteiger charge is 2.29. The summed E-state index contributed by atoms with van der Waals surface area (Å²) >= 11 is 0. The van der Waals surface area contributed by atoms with Gasteiger partial charge in [0.25, 0.3) is 0 Å². The number of benzene rings is 1. The van der Waals surface area contributed by atoms with Gasteiger partial charge in [0.15, 0.2) is 0 Å². The van der Waals surface area contributed by atoms with Gasteiger partial charge >= 0.3 is 0 Å². The van der Waals surface area contributed by atoms with Crippen LogP contribution in [0.3, 0.4) is 0 Å². The van der Waals surface area contributed by atoms with Gasteiger partial charge in [0, 0.05) is 37.2 Å². The molecule has 2 aliphatic rings. The molecule has 0 unspecified atom stereocenters. The number of nitrogens with one attached hydrogen (secondary N) is 1. The van der Waals surface area contributed by atoms with E-state index < -0.39 is 0 Å². The van der Waals surface area contributed by atoms with Gasteiger partial charge in [0.1, 0.15) is 17.6 Å². The van der Waals surface area contributed by atoms with E-state index >= 15 is 0 Å². The van der Waals surface area contributed by atoms with E-state index in [1.807, 2.05) is 30.3 Å². The van der Waals surface area contributed by atoms with E-state index in [2.05, 4.69) is 21.3 Å². The molecule has 138 valence electrons. The lowest BCUT2D eigenvalue weighted by Crippen LogP contribution is -2.42. The molecule has 1 amide bonds. The van der Waals surface area contributed by atoms with Gasteiger partial charge in [0.2, 0.25) is 5.91 Å². The summed E-state index contributed by atoms with van der Waals surface area (Å²) in [6, 6.07) is 13.7. The van der Waals surface area contributed by atoms with Gasteiger partial charge in [-0.05, 0) is 31.0 Å². The maximum absolute atomic E-state index is 12.8. The Morgan fingerprint density at radius 1 is 1.19 bits per heavy atom. The van der Waals surface area contributed by atoms with Crippen LogP contribution in [0.15, 0.2) is 42.6 Å². The number of carbonyl (C=O) groups is 1. The molecule has 0 aliphatic carbocycles. The first kappa shape index (κ1) is 17.3. The predicted molar refractivity (Wildman–Crippen MR) is 101 cm³/mol. The normalized spacial score (nSPS) is 19.5. The Bertz CT molecular complexity index is 851. The van der Waals surface area contributed by atoms with E-state index in [1.165, 1.54) is 0 Å². The van der Waals surface area contributed by atoms with Gasteiger partial charge in [-0.15, -0.1) is 0 Å². The zero-order valence-corrected chi connectivity index (χ0v) is 15.1. The highest BCUT2D eigenvalue weighted by molar-refractivity contribution is 5.79. The van der Waals surface area contributed by atoms with E-state index in [0.29, 0.717) is 12.2 Å².